The Morgan fingerprint density at radius 3 is 2.44 bits per heavy atom. The second-order valence-corrected chi connectivity index (χ2v) is 4.41. The van der Waals surface area contributed by atoms with E-state index in [1.54, 1.807) is 0 Å². The molecule has 106 valence electrons. The molecule has 0 atom stereocenters. The van der Waals surface area contributed by atoms with Crippen LogP contribution in [0.4, 0.5) is 13.2 Å². The molecule has 0 aliphatic heterocycles. The van der Waals surface area contributed by atoms with Crippen molar-refractivity contribution in [3.05, 3.63) is 0 Å². The minimum atomic E-state index is -4.61. The van der Waals surface area contributed by atoms with E-state index < -0.39 is 31.1 Å². The van der Waals surface area contributed by atoms with Gasteiger partial charge in [-0.3, -0.25) is 9.59 Å². The summed E-state index contributed by atoms with van der Waals surface area (Å²) in [5.74, 6) is -2.08. The van der Waals surface area contributed by atoms with Crippen LogP contribution in [-0.2, 0) is 14.3 Å². The van der Waals surface area contributed by atoms with Crippen LogP contribution in [0.2, 0.25) is 0 Å². The number of carboxylic acid groups (broad SMARTS) is 1. The van der Waals surface area contributed by atoms with Gasteiger partial charge in [0.1, 0.15) is 13.1 Å². The monoisotopic (exact) mass is 289 g/mol. The summed E-state index contributed by atoms with van der Waals surface area (Å²) < 4.78 is 41.1. The Morgan fingerprint density at radius 1 is 1.39 bits per heavy atom. The zero-order valence-corrected chi connectivity index (χ0v) is 10.5. The average molecular weight is 289 g/mol. The summed E-state index contributed by atoms with van der Waals surface area (Å²) in [5.41, 5.74) is 0. The summed E-state index contributed by atoms with van der Waals surface area (Å²) in [4.78, 5) is 22.1. The van der Waals surface area contributed by atoms with Crippen LogP contribution in [0.3, 0.4) is 0 Å². The van der Waals surface area contributed by atoms with Gasteiger partial charge in [0, 0.05) is 12.9 Å². The van der Waals surface area contributed by atoms with E-state index >= 15 is 0 Å². The van der Waals surface area contributed by atoms with Gasteiger partial charge >= 0.3 is 12.1 Å². The van der Waals surface area contributed by atoms with E-state index in [9.17, 15) is 22.8 Å². The Morgan fingerprint density at radius 2 is 2.00 bits per heavy atom. The molecular weight excluding hydrogens is 275 g/mol. The Hall–Kier alpha value is -0.960. The highest BCUT2D eigenvalue weighted by Crippen LogP contribution is 2.17. The molecule has 0 aromatic heterocycles. The minimum Gasteiger partial charge on any atom is -0.480 e. The van der Waals surface area contributed by atoms with Crippen molar-refractivity contribution in [2.45, 2.75) is 6.18 Å². The van der Waals surface area contributed by atoms with E-state index in [1.807, 2.05) is 0 Å². The van der Waals surface area contributed by atoms with Crippen LogP contribution < -0.4 is 0 Å². The number of amides is 1. The SMILES string of the molecule is COCCSCC(=O)N(CC(=O)O)CC(F)(F)F. The number of hydrogen-bond donors (Lipinski definition) is 1. The van der Waals surface area contributed by atoms with E-state index in [4.69, 9.17) is 9.84 Å². The highest BCUT2D eigenvalue weighted by atomic mass is 32.2. The van der Waals surface area contributed by atoms with Crippen LogP contribution in [-0.4, -0.2) is 66.4 Å². The molecule has 0 saturated carbocycles. The van der Waals surface area contributed by atoms with Crippen molar-refractivity contribution in [2.75, 3.05) is 38.3 Å². The topological polar surface area (TPSA) is 66.8 Å². The molecule has 0 rings (SSSR count). The standard InChI is InChI=1S/C9H14F3NO4S/c1-17-2-3-18-5-7(14)13(4-8(15)16)6-9(10,11)12/h2-6H2,1H3,(H,15,16). The van der Waals surface area contributed by atoms with E-state index in [0.717, 1.165) is 11.8 Å². The molecule has 1 N–H and O–H groups in total. The number of nitrogens with zero attached hydrogens (tertiary/aromatic N) is 1. The first-order valence-corrected chi connectivity index (χ1v) is 6.04. The number of carbonyl (C=O) groups excluding carboxylic acids is 1. The molecule has 0 aliphatic rings. The Bertz CT molecular complexity index is 285. The molecule has 0 aromatic carbocycles. The molecule has 18 heavy (non-hydrogen) atoms. The predicted molar refractivity (Wildman–Crippen MR) is 59.5 cm³/mol. The fourth-order valence-corrected chi connectivity index (χ4v) is 1.79. The third-order valence-electron chi connectivity index (χ3n) is 1.71. The van der Waals surface area contributed by atoms with E-state index in [-0.39, 0.29) is 10.7 Å². The molecule has 0 aliphatic carbocycles. The van der Waals surface area contributed by atoms with Gasteiger partial charge in [-0.1, -0.05) is 0 Å². The predicted octanol–water partition coefficient (Wildman–Crippen LogP) is 0.841. The number of carboxylic acids is 1. The molecule has 0 aromatic rings. The third kappa shape index (κ3) is 9.11. The van der Waals surface area contributed by atoms with Crippen LogP contribution in [0.25, 0.3) is 0 Å². The maximum Gasteiger partial charge on any atom is 0.406 e. The number of hydrogen-bond acceptors (Lipinski definition) is 4. The van der Waals surface area contributed by atoms with Gasteiger partial charge in [-0.25, -0.2) is 0 Å². The van der Waals surface area contributed by atoms with Gasteiger partial charge < -0.3 is 14.7 Å². The quantitative estimate of drug-likeness (QED) is 0.671. The normalized spacial score (nSPS) is 11.3. The number of thioether (sulfide) groups is 1. The Balaban J connectivity index is 4.27. The molecule has 0 unspecified atom stereocenters. The van der Waals surface area contributed by atoms with Crippen molar-refractivity contribution < 1.29 is 32.6 Å². The first kappa shape index (κ1) is 17.0. The third-order valence-corrected chi connectivity index (χ3v) is 2.61. The van der Waals surface area contributed by atoms with Gasteiger partial charge in [-0.05, 0) is 0 Å². The van der Waals surface area contributed by atoms with Crippen molar-refractivity contribution in [1.29, 1.82) is 0 Å². The summed E-state index contributed by atoms with van der Waals surface area (Å²) >= 11 is 1.09. The second-order valence-electron chi connectivity index (χ2n) is 3.30. The average Bonchev–Trinajstić information content (AvgIpc) is 2.20. The second kappa shape index (κ2) is 8.20. The molecule has 0 spiro atoms. The van der Waals surface area contributed by atoms with Crippen LogP contribution in [0, 0.1) is 0 Å². The Kier molecular flexibility index (Phi) is 7.76. The van der Waals surface area contributed by atoms with Crippen molar-refractivity contribution in [2.24, 2.45) is 0 Å². The molecule has 0 radical (unpaired) electrons. The summed E-state index contributed by atoms with van der Waals surface area (Å²) in [5, 5.41) is 8.45. The number of methoxy groups -OCH3 is 1. The lowest BCUT2D eigenvalue weighted by Gasteiger charge is -2.21. The van der Waals surface area contributed by atoms with Crippen molar-refractivity contribution in [3.8, 4) is 0 Å². The van der Waals surface area contributed by atoms with Gasteiger partial charge in [0.05, 0.1) is 12.4 Å². The molecular formula is C9H14F3NO4S. The van der Waals surface area contributed by atoms with Gasteiger partial charge in [0.2, 0.25) is 5.91 Å². The largest absolute Gasteiger partial charge is 0.480 e. The maximum absolute atomic E-state index is 12.1. The van der Waals surface area contributed by atoms with E-state index in [1.165, 1.54) is 7.11 Å². The fraction of sp³-hybridized carbons (Fsp3) is 0.778. The Labute approximate surface area is 106 Å². The fourth-order valence-electron chi connectivity index (χ4n) is 1.00. The molecule has 9 heteroatoms. The highest BCUT2D eigenvalue weighted by molar-refractivity contribution is 7.99. The van der Waals surface area contributed by atoms with Gasteiger partial charge in [-0.2, -0.15) is 13.2 Å². The van der Waals surface area contributed by atoms with Crippen LogP contribution in [0.5, 0.6) is 0 Å². The molecule has 1 amide bonds. The van der Waals surface area contributed by atoms with Crippen molar-refractivity contribution in [1.82, 2.24) is 4.90 Å². The zero-order valence-electron chi connectivity index (χ0n) is 9.70. The number of halogens is 3. The van der Waals surface area contributed by atoms with Gasteiger partial charge in [-0.15, -0.1) is 11.8 Å². The van der Waals surface area contributed by atoms with Crippen molar-refractivity contribution >= 4 is 23.6 Å². The van der Waals surface area contributed by atoms with Crippen LogP contribution in [0.15, 0.2) is 0 Å². The number of carbonyl (C=O) groups is 2. The first-order chi connectivity index (χ1) is 8.26. The summed E-state index contributed by atoms with van der Waals surface area (Å²) in [6.45, 7) is -2.14. The van der Waals surface area contributed by atoms with Crippen molar-refractivity contribution in [3.63, 3.8) is 0 Å². The van der Waals surface area contributed by atoms with E-state index in [0.29, 0.717) is 12.4 Å². The lowest BCUT2D eigenvalue weighted by atomic mass is 10.4. The van der Waals surface area contributed by atoms with Crippen LogP contribution in [0.1, 0.15) is 0 Å². The molecule has 0 heterocycles. The lowest BCUT2D eigenvalue weighted by molar-refractivity contribution is -0.164. The van der Waals surface area contributed by atoms with Gasteiger partial charge in [0.25, 0.3) is 0 Å². The molecule has 0 saturated heterocycles. The highest BCUT2D eigenvalue weighted by Gasteiger charge is 2.33. The summed E-state index contributed by atoms with van der Waals surface area (Å²) in [6.07, 6.45) is -4.61. The molecule has 0 fully saturated rings. The number of alkyl halides is 3. The zero-order chi connectivity index (χ0) is 14.2. The number of ether oxygens (including phenoxy) is 1. The molecule has 5 nitrogen and oxygen atoms in total. The van der Waals surface area contributed by atoms with Crippen LogP contribution >= 0.6 is 11.8 Å². The summed E-state index contributed by atoms with van der Waals surface area (Å²) in [7, 11) is 1.46. The smallest absolute Gasteiger partial charge is 0.406 e. The van der Waals surface area contributed by atoms with E-state index in [2.05, 4.69) is 0 Å². The maximum atomic E-state index is 12.1. The van der Waals surface area contributed by atoms with Gasteiger partial charge in [0.15, 0.2) is 0 Å². The lowest BCUT2D eigenvalue weighted by Crippen LogP contribution is -2.43. The number of aliphatic carboxylic acids is 1. The number of rotatable bonds is 8. The minimum absolute atomic E-state index is 0.202. The summed E-state index contributed by atoms with van der Waals surface area (Å²) in [6, 6.07) is 0. The molecule has 0 bridgehead atoms. The first-order valence-electron chi connectivity index (χ1n) is 4.89.